The maximum absolute atomic E-state index is 12.7. The molecule has 21 heavy (non-hydrogen) atoms. The molecule has 1 rings (SSSR count). The van der Waals surface area contributed by atoms with Gasteiger partial charge in [0.15, 0.2) is 0 Å². The quantitative estimate of drug-likeness (QED) is 0.782. The fourth-order valence-electron chi connectivity index (χ4n) is 2.01. The van der Waals surface area contributed by atoms with Gasteiger partial charge in [-0.15, -0.1) is 0 Å². The van der Waals surface area contributed by atoms with Crippen molar-refractivity contribution in [2.24, 2.45) is 0 Å². The van der Waals surface area contributed by atoms with E-state index >= 15 is 0 Å². The molecule has 0 spiro atoms. The summed E-state index contributed by atoms with van der Waals surface area (Å²) in [5, 5.41) is 3.33. The highest BCUT2D eigenvalue weighted by Gasteiger charge is 2.30. The molecule has 0 aromatic heterocycles. The summed E-state index contributed by atoms with van der Waals surface area (Å²) >= 11 is 0. The van der Waals surface area contributed by atoms with Gasteiger partial charge in [0.2, 0.25) is 0 Å². The minimum atomic E-state index is -4.29. The lowest BCUT2D eigenvalue weighted by molar-refractivity contribution is -0.137. The molecule has 0 heterocycles. The summed E-state index contributed by atoms with van der Waals surface area (Å²) in [7, 11) is 0. The van der Waals surface area contributed by atoms with Crippen molar-refractivity contribution in [2.45, 2.75) is 51.9 Å². The fourth-order valence-corrected chi connectivity index (χ4v) is 2.01. The van der Waals surface area contributed by atoms with Crippen molar-refractivity contribution in [1.29, 1.82) is 0 Å². The number of hydrogen-bond donors (Lipinski definition) is 1. The van der Waals surface area contributed by atoms with Crippen LogP contribution in [-0.2, 0) is 17.3 Å². The van der Waals surface area contributed by atoms with Gasteiger partial charge in [-0.05, 0) is 44.9 Å². The second kappa shape index (κ2) is 8.39. The lowest BCUT2D eigenvalue weighted by Gasteiger charge is -2.20. The van der Waals surface area contributed by atoms with E-state index in [0.29, 0.717) is 18.6 Å². The summed E-state index contributed by atoms with van der Waals surface area (Å²) in [4.78, 5) is 0. The van der Waals surface area contributed by atoms with Crippen LogP contribution in [0.25, 0.3) is 0 Å². The molecule has 0 fully saturated rings. The molecule has 5 heteroatoms. The van der Waals surface area contributed by atoms with Crippen molar-refractivity contribution in [1.82, 2.24) is 5.32 Å². The average molecular weight is 303 g/mol. The van der Waals surface area contributed by atoms with Crippen LogP contribution in [0.15, 0.2) is 24.3 Å². The number of halogens is 3. The van der Waals surface area contributed by atoms with Gasteiger partial charge in [0.05, 0.1) is 18.3 Å². The monoisotopic (exact) mass is 303 g/mol. The van der Waals surface area contributed by atoms with Crippen molar-refractivity contribution in [3.8, 4) is 0 Å². The van der Waals surface area contributed by atoms with Gasteiger partial charge in [-0.25, -0.2) is 0 Å². The summed E-state index contributed by atoms with van der Waals surface area (Å²) in [6.45, 7) is 7.26. The highest BCUT2D eigenvalue weighted by Crippen LogP contribution is 2.29. The third kappa shape index (κ3) is 6.96. The minimum absolute atomic E-state index is 0.0239. The first-order valence-electron chi connectivity index (χ1n) is 7.34. The molecule has 0 aliphatic rings. The van der Waals surface area contributed by atoms with Crippen LogP contribution < -0.4 is 5.32 Å². The molecule has 1 aromatic rings. The molecule has 0 aliphatic carbocycles. The molecule has 1 N–H and O–H groups in total. The second-order valence-electron chi connectivity index (χ2n) is 5.44. The number of hydrogen-bond acceptors (Lipinski definition) is 2. The Balaban J connectivity index is 2.72. The van der Waals surface area contributed by atoms with Crippen molar-refractivity contribution in [3.05, 3.63) is 35.4 Å². The molecule has 0 aliphatic heterocycles. The van der Waals surface area contributed by atoms with Gasteiger partial charge in [0, 0.05) is 6.04 Å². The summed E-state index contributed by atoms with van der Waals surface area (Å²) in [6.07, 6.45) is -2.69. The minimum Gasteiger partial charge on any atom is -0.377 e. The van der Waals surface area contributed by atoms with E-state index in [4.69, 9.17) is 4.74 Å². The predicted octanol–water partition coefficient (Wildman–Crippen LogP) is 4.04. The molecule has 120 valence electrons. The van der Waals surface area contributed by atoms with Crippen LogP contribution in [0.3, 0.4) is 0 Å². The van der Waals surface area contributed by atoms with E-state index in [1.807, 2.05) is 13.8 Å². The number of rotatable bonds is 8. The Morgan fingerprint density at radius 1 is 1.24 bits per heavy atom. The van der Waals surface area contributed by atoms with Crippen molar-refractivity contribution in [3.63, 3.8) is 0 Å². The maximum Gasteiger partial charge on any atom is 0.416 e. The van der Waals surface area contributed by atoms with Crippen LogP contribution in [0.1, 0.15) is 38.3 Å². The van der Waals surface area contributed by atoms with Gasteiger partial charge in [0.1, 0.15) is 0 Å². The van der Waals surface area contributed by atoms with Gasteiger partial charge in [0.25, 0.3) is 0 Å². The molecule has 1 atom stereocenters. The van der Waals surface area contributed by atoms with E-state index in [1.54, 1.807) is 6.07 Å². The molecule has 0 bridgehead atoms. The van der Waals surface area contributed by atoms with Crippen LogP contribution >= 0.6 is 0 Å². The molecule has 1 aromatic carbocycles. The number of alkyl halides is 3. The smallest absolute Gasteiger partial charge is 0.377 e. The second-order valence-corrected chi connectivity index (χ2v) is 5.44. The highest BCUT2D eigenvalue weighted by molar-refractivity contribution is 5.26. The predicted molar refractivity (Wildman–Crippen MR) is 78.3 cm³/mol. The van der Waals surface area contributed by atoms with Gasteiger partial charge in [-0.2, -0.15) is 13.2 Å². The highest BCUT2D eigenvalue weighted by atomic mass is 19.4. The number of benzene rings is 1. The zero-order chi connectivity index (χ0) is 15.9. The van der Waals surface area contributed by atoms with Crippen molar-refractivity contribution < 1.29 is 17.9 Å². The third-order valence-electron chi connectivity index (χ3n) is 3.05. The Morgan fingerprint density at radius 2 is 1.95 bits per heavy atom. The van der Waals surface area contributed by atoms with Crippen molar-refractivity contribution >= 4 is 0 Å². The van der Waals surface area contributed by atoms with Gasteiger partial charge >= 0.3 is 6.18 Å². The van der Waals surface area contributed by atoms with Crippen molar-refractivity contribution in [2.75, 3.05) is 13.2 Å². The zero-order valence-corrected chi connectivity index (χ0v) is 12.8. The van der Waals surface area contributed by atoms with E-state index in [1.165, 1.54) is 12.1 Å². The van der Waals surface area contributed by atoms with Gasteiger partial charge in [-0.1, -0.05) is 25.1 Å². The van der Waals surface area contributed by atoms with Gasteiger partial charge < -0.3 is 10.1 Å². The first-order valence-corrected chi connectivity index (χ1v) is 7.34. The first kappa shape index (κ1) is 18.0. The average Bonchev–Trinajstić information content (AvgIpc) is 2.41. The summed E-state index contributed by atoms with van der Waals surface area (Å²) in [5.41, 5.74) is 0.0739. The molecule has 0 saturated carbocycles. The van der Waals surface area contributed by atoms with E-state index in [0.717, 1.165) is 19.0 Å². The molecular weight excluding hydrogens is 279 g/mol. The van der Waals surface area contributed by atoms with E-state index in [9.17, 15) is 13.2 Å². The lowest BCUT2D eigenvalue weighted by atomic mass is 10.0. The molecule has 0 amide bonds. The topological polar surface area (TPSA) is 21.3 Å². The summed E-state index contributed by atoms with van der Waals surface area (Å²) in [5.74, 6) is 0. The Morgan fingerprint density at radius 3 is 2.52 bits per heavy atom. The fraction of sp³-hybridized carbons (Fsp3) is 0.625. The summed E-state index contributed by atoms with van der Waals surface area (Å²) < 4.78 is 43.8. The maximum atomic E-state index is 12.7. The first-order chi connectivity index (χ1) is 9.82. The normalized spacial score (nSPS) is 13.7. The van der Waals surface area contributed by atoms with Gasteiger partial charge in [-0.3, -0.25) is 0 Å². The standard InChI is InChI=1S/C16H24F3NO/c1-4-8-20-15(11-21-12(2)3)10-13-6-5-7-14(9-13)16(17,18)19/h5-7,9,12,15,20H,4,8,10-11H2,1-3H3. The Bertz CT molecular complexity index is 418. The molecular formula is C16H24F3NO. The third-order valence-corrected chi connectivity index (χ3v) is 3.05. The Hall–Kier alpha value is -1.07. The molecule has 2 nitrogen and oxygen atoms in total. The van der Waals surface area contributed by atoms with E-state index in [-0.39, 0.29) is 12.1 Å². The van der Waals surface area contributed by atoms with Crippen LogP contribution in [0.5, 0.6) is 0 Å². The van der Waals surface area contributed by atoms with Crippen LogP contribution in [0.2, 0.25) is 0 Å². The molecule has 0 radical (unpaired) electrons. The van der Waals surface area contributed by atoms with Crippen LogP contribution in [0, 0.1) is 0 Å². The van der Waals surface area contributed by atoms with E-state index < -0.39 is 11.7 Å². The molecule has 0 saturated heterocycles. The van der Waals surface area contributed by atoms with E-state index in [2.05, 4.69) is 12.2 Å². The lowest BCUT2D eigenvalue weighted by Crippen LogP contribution is -2.36. The Kier molecular flexibility index (Phi) is 7.18. The summed E-state index contributed by atoms with van der Waals surface area (Å²) in [6, 6.07) is 5.53. The zero-order valence-electron chi connectivity index (χ0n) is 12.8. The van der Waals surface area contributed by atoms with Crippen LogP contribution in [-0.4, -0.2) is 25.3 Å². The Labute approximate surface area is 124 Å². The number of ether oxygens (including phenoxy) is 1. The SMILES string of the molecule is CCCNC(COC(C)C)Cc1cccc(C(F)(F)F)c1. The van der Waals surface area contributed by atoms with Crippen LogP contribution in [0.4, 0.5) is 13.2 Å². The largest absolute Gasteiger partial charge is 0.416 e. The molecule has 1 unspecified atom stereocenters. The number of nitrogens with one attached hydrogen (secondary N) is 1.